The predicted molar refractivity (Wildman–Crippen MR) is 85.1 cm³/mol. The molecule has 22 heavy (non-hydrogen) atoms. The number of amides is 2. The first-order chi connectivity index (χ1) is 10.8. The van der Waals surface area contributed by atoms with E-state index in [4.69, 9.17) is 0 Å². The highest BCUT2D eigenvalue weighted by Crippen LogP contribution is 2.23. The van der Waals surface area contributed by atoms with Crippen LogP contribution in [-0.2, 0) is 4.79 Å². The second-order valence-corrected chi connectivity index (χ2v) is 5.69. The average molecular weight is 302 g/mol. The monoisotopic (exact) mass is 302 g/mol. The molecular formula is C16H22N4O2. The van der Waals surface area contributed by atoms with Gasteiger partial charge in [0.25, 0.3) is 5.91 Å². The number of carbonyl (C=O) groups excluding carboxylic acids is 2. The lowest BCUT2D eigenvalue weighted by Crippen LogP contribution is -2.49. The second kappa shape index (κ2) is 6.79. The molecule has 6 nitrogen and oxygen atoms in total. The van der Waals surface area contributed by atoms with Crippen LogP contribution >= 0.6 is 0 Å². The molecule has 0 aliphatic carbocycles. The van der Waals surface area contributed by atoms with Crippen molar-refractivity contribution < 1.29 is 9.59 Å². The molecule has 2 amide bonds. The largest absolute Gasteiger partial charge is 0.368 e. The molecule has 0 saturated carbocycles. The van der Waals surface area contributed by atoms with E-state index in [0.29, 0.717) is 26.2 Å². The van der Waals surface area contributed by atoms with Crippen LogP contribution in [0.5, 0.6) is 0 Å². The highest BCUT2D eigenvalue weighted by atomic mass is 16.2. The van der Waals surface area contributed by atoms with Gasteiger partial charge in [0.15, 0.2) is 0 Å². The molecule has 2 saturated heterocycles. The zero-order chi connectivity index (χ0) is 15.4. The third-order valence-corrected chi connectivity index (χ3v) is 4.34. The summed E-state index contributed by atoms with van der Waals surface area (Å²) in [6.07, 6.45) is 0.858. The van der Waals surface area contributed by atoms with Crippen molar-refractivity contribution in [1.82, 2.24) is 15.1 Å². The summed E-state index contributed by atoms with van der Waals surface area (Å²) in [6, 6.07) is 7.84. The molecule has 2 fully saturated rings. The van der Waals surface area contributed by atoms with Gasteiger partial charge in [0.05, 0.1) is 5.56 Å². The van der Waals surface area contributed by atoms with E-state index in [1.165, 1.54) is 0 Å². The van der Waals surface area contributed by atoms with Crippen molar-refractivity contribution in [2.45, 2.75) is 0 Å². The van der Waals surface area contributed by atoms with Gasteiger partial charge in [-0.15, -0.1) is 0 Å². The molecule has 0 bridgehead atoms. The summed E-state index contributed by atoms with van der Waals surface area (Å²) < 4.78 is 0. The van der Waals surface area contributed by atoms with Crippen LogP contribution in [0.25, 0.3) is 0 Å². The Morgan fingerprint density at radius 1 is 1.00 bits per heavy atom. The van der Waals surface area contributed by atoms with Gasteiger partial charge >= 0.3 is 0 Å². The highest BCUT2D eigenvalue weighted by molar-refractivity contribution is 6.00. The van der Waals surface area contributed by atoms with E-state index in [2.05, 4.69) is 10.2 Å². The van der Waals surface area contributed by atoms with Crippen molar-refractivity contribution in [1.29, 1.82) is 0 Å². The average Bonchev–Trinajstić information content (AvgIpc) is 2.62. The first-order valence-electron chi connectivity index (χ1n) is 7.83. The fourth-order valence-corrected chi connectivity index (χ4v) is 3.04. The Morgan fingerprint density at radius 3 is 2.36 bits per heavy atom. The van der Waals surface area contributed by atoms with E-state index in [-0.39, 0.29) is 5.91 Å². The molecule has 0 atom stereocenters. The van der Waals surface area contributed by atoms with Crippen LogP contribution in [0, 0.1) is 0 Å². The lowest BCUT2D eigenvalue weighted by atomic mass is 10.1. The zero-order valence-corrected chi connectivity index (χ0v) is 12.7. The van der Waals surface area contributed by atoms with E-state index in [0.717, 1.165) is 43.8 Å². The molecule has 6 heteroatoms. The van der Waals surface area contributed by atoms with Crippen molar-refractivity contribution in [3.05, 3.63) is 29.8 Å². The summed E-state index contributed by atoms with van der Waals surface area (Å²) in [5.41, 5.74) is 1.79. The minimum atomic E-state index is 0.0691. The number of hydrogen-bond donors (Lipinski definition) is 1. The fourth-order valence-electron chi connectivity index (χ4n) is 3.04. The van der Waals surface area contributed by atoms with Crippen molar-refractivity contribution in [3.8, 4) is 0 Å². The topological polar surface area (TPSA) is 55.9 Å². The maximum atomic E-state index is 12.8. The van der Waals surface area contributed by atoms with Gasteiger partial charge in [0, 0.05) is 58.0 Å². The predicted octanol–water partition coefficient (Wildman–Crippen LogP) is 0.0104. The number of benzene rings is 1. The van der Waals surface area contributed by atoms with E-state index >= 15 is 0 Å². The number of para-hydroxylation sites is 1. The molecule has 0 unspecified atom stereocenters. The van der Waals surface area contributed by atoms with Gasteiger partial charge < -0.3 is 20.0 Å². The third kappa shape index (κ3) is 3.06. The van der Waals surface area contributed by atoms with Crippen molar-refractivity contribution >= 4 is 18.0 Å². The lowest BCUT2D eigenvalue weighted by Gasteiger charge is -2.35. The van der Waals surface area contributed by atoms with Crippen molar-refractivity contribution in [3.63, 3.8) is 0 Å². The quantitative estimate of drug-likeness (QED) is 0.799. The Balaban J connectivity index is 1.76. The summed E-state index contributed by atoms with van der Waals surface area (Å²) >= 11 is 0. The molecule has 0 spiro atoms. The summed E-state index contributed by atoms with van der Waals surface area (Å²) in [5, 5.41) is 3.33. The molecule has 0 radical (unpaired) electrons. The Morgan fingerprint density at radius 2 is 1.68 bits per heavy atom. The van der Waals surface area contributed by atoms with E-state index in [1.807, 2.05) is 29.2 Å². The SMILES string of the molecule is O=CN1CCN(C(=O)c2ccccc2N2CCNCC2)CC1. The maximum Gasteiger partial charge on any atom is 0.256 e. The Hall–Kier alpha value is -2.08. The van der Waals surface area contributed by atoms with Gasteiger partial charge in [-0.3, -0.25) is 9.59 Å². The first-order valence-corrected chi connectivity index (χ1v) is 7.83. The molecule has 118 valence electrons. The summed E-state index contributed by atoms with van der Waals surface area (Å²) in [5.74, 6) is 0.0691. The first kappa shape index (κ1) is 14.8. The van der Waals surface area contributed by atoms with Gasteiger partial charge in [-0.1, -0.05) is 12.1 Å². The third-order valence-electron chi connectivity index (χ3n) is 4.34. The Labute approximate surface area is 130 Å². The number of nitrogens with zero attached hydrogens (tertiary/aromatic N) is 3. The molecule has 1 aromatic carbocycles. The fraction of sp³-hybridized carbons (Fsp3) is 0.500. The molecule has 2 heterocycles. The van der Waals surface area contributed by atoms with Crippen LogP contribution in [-0.4, -0.2) is 74.5 Å². The van der Waals surface area contributed by atoms with Gasteiger partial charge in [-0.05, 0) is 12.1 Å². The number of anilines is 1. The van der Waals surface area contributed by atoms with Crippen LogP contribution in [0.1, 0.15) is 10.4 Å². The smallest absolute Gasteiger partial charge is 0.256 e. The number of hydrogen-bond acceptors (Lipinski definition) is 4. The summed E-state index contributed by atoms with van der Waals surface area (Å²) in [4.78, 5) is 29.4. The van der Waals surface area contributed by atoms with Gasteiger partial charge in [-0.25, -0.2) is 0 Å². The molecule has 1 N–H and O–H groups in total. The molecule has 3 rings (SSSR count). The highest BCUT2D eigenvalue weighted by Gasteiger charge is 2.25. The lowest BCUT2D eigenvalue weighted by molar-refractivity contribution is -0.119. The maximum absolute atomic E-state index is 12.8. The number of rotatable bonds is 3. The Bertz CT molecular complexity index is 535. The van der Waals surface area contributed by atoms with Gasteiger partial charge in [0.1, 0.15) is 0 Å². The normalized spacial score (nSPS) is 19.2. The van der Waals surface area contributed by atoms with Crippen molar-refractivity contribution in [2.24, 2.45) is 0 Å². The van der Waals surface area contributed by atoms with Crippen LogP contribution in [0.15, 0.2) is 24.3 Å². The summed E-state index contributed by atoms with van der Waals surface area (Å²) in [6.45, 7) is 6.17. The molecule has 0 aromatic heterocycles. The Kier molecular flexibility index (Phi) is 4.58. The molecule has 1 aromatic rings. The number of nitrogens with one attached hydrogen (secondary N) is 1. The standard InChI is InChI=1S/C16H22N4O2/c21-13-18-9-11-20(12-10-18)16(22)14-3-1-2-4-15(14)19-7-5-17-6-8-19/h1-4,13,17H,5-12H2. The number of piperazine rings is 2. The van der Waals surface area contributed by atoms with Crippen LogP contribution in [0.4, 0.5) is 5.69 Å². The van der Waals surface area contributed by atoms with Crippen LogP contribution in [0.3, 0.4) is 0 Å². The van der Waals surface area contributed by atoms with Crippen LogP contribution in [0.2, 0.25) is 0 Å². The molecular weight excluding hydrogens is 280 g/mol. The number of carbonyl (C=O) groups is 2. The van der Waals surface area contributed by atoms with Crippen molar-refractivity contribution in [2.75, 3.05) is 57.3 Å². The van der Waals surface area contributed by atoms with E-state index < -0.39 is 0 Å². The second-order valence-electron chi connectivity index (χ2n) is 5.69. The zero-order valence-electron chi connectivity index (χ0n) is 12.7. The van der Waals surface area contributed by atoms with E-state index in [1.54, 1.807) is 4.90 Å². The van der Waals surface area contributed by atoms with E-state index in [9.17, 15) is 9.59 Å². The van der Waals surface area contributed by atoms with Gasteiger partial charge in [0.2, 0.25) is 6.41 Å². The van der Waals surface area contributed by atoms with Crippen LogP contribution < -0.4 is 10.2 Å². The minimum absolute atomic E-state index is 0.0691. The van der Waals surface area contributed by atoms with Gasteiger partial charge in [-0.2, -0.15) is 0 Å². The molecule has 2 aliphatic heterocycles. The summed E-state index contributed by atoms with van der Waals surface area (Å²) in [7, 11) is 0. The minimum Gasteiger partial charge on any atom is -0.368 e. The molecule has 2 aliphatic rings.